The molecule has 0 radical (unpaired) electrons. The van der Waals surface area contributed by atoms with Crippen molar-refractivity contribution in [3.05, 3.63) is 112 Å². The SMILES string of the molecule is Nc1ccc2c(c1)C(=O)/C(=N/Nc1ccc(N=C(O)c3ccc(N/N=C4/C=CC(=O)C(C(=O)O)=C4)cc3)cc1)C(S(=O)(=O)O)=C2. The lowest BCUT2D eigenvalue weighted by Crippen LogP contribution is -2.27. The number of aliphatic imine (C=N–C) groups is 1. The topological polar surface area (TPSA) is 233 Å². The van der Waals surface area contributed by atoms with E-state index >= 15 is 0 Å². The van der Waals surface area contributed by atoms with Gasteiger partial charge in [-0.25, -0.2) is 9.79 Å². The van der Waals surface area contributed by atoms with Crippen LogP contribution >= 0.6 is 0 Å². The van der Waals surface area contributed by atoms with Gasteiger partial charge in [0.25, 0.3) is 10.1 Å². The molecule has 0 spiro atoms. The zero-order valence-electron chi connectivity index (χ0n) is 22.9. The number of carbonyl (C=O) groups excluding carboxylic acids is 2. The molecule has 0 aliphatic heterocycles. The molecule has 0 fully saturated rings. The van der Waals surface area contributed by atoms with E-state index in [-0.39, 0.29) is 22.7 Å². The molecule has 3 aromatic carbocycles. The van der Waals surface area contributed by atoms with E-state index in [4.69, 9.17) is 10.8 Å². The van der Waals surface area contributed by atoms with Crippen LogP contribution < -0.4 is 16.6 Å². The zero-order valence-corrected chi connectivity index (χ0v) is 23.7. The Hall–Kier alpha value is -6.19. The molecule has 0 amide bonds. The molecule has 0 saturated heterocycles. The molecule has 2 aliphatic rings. The van der Waals surface area contributed by atoms with Crippen LogP contribution in [0.5, 0.6) is 0 Å². The lowest BCUT2D eigenvalue weighted by atomic mass is 9.94. The summed E-state index contributed by atoms with van der Waals surface area (Å²) in [5.41, 5.74) is 12.7. The highest BCUT2D eigenvalue weighted by molar-refractivity contribution is 7.91. The third-order valence-electron chi connectivity index (χ3n) is 6.38. The number of ketones is 2. The number of fused-ring (bicyclic) bond motifs is 1. The number of aliphatic carboxylic acids is 1. The number of allylic oxidation sites excluding steroid dienone is 4. The van der Waals surface area contributed by atoms with Gasteiger partial charge in [-0.1, -0.05) is 6.07 Å². The van der Waals surface area contributed by atoms with Gasteiger partial charge < -0.3 is 15.9 Å². The number of hydrogen-bond donors (Lipinski definition) is 6. The van der Waals surface area contributed by atoms with E-state index < -0.39 is 43.8 Å². The fourth-order valence-electron chi connectivity index (χ4n) is 4.14. The van der Waals surface area contributed by atoms with Gasteiger partial charge in [0.15, 0.2) is 11.5 Å². The van der Waals surface area contributed by atoms with Crippen molar-refractivity contribution in [3.8, 4) is 0 Å². The van der Waals surface area contributed by atoms with Crippen LogP contribution in [0.4, 0.5) is 22.7 Å². The maximum absolute atomic E-state index is 13.0. The number of carbonyl (C=O) groups is 3. The number of hydrogen-bond acceptors (Lipinski definition) is 11. The minimum absolute atomic E-state index is 0.130. The Morgan fingerprint density at radius 2 is 1.47 bits per heavy atom. The monoisotopic (exact) mass is 626 g/mol. The van der Waals surface area contributed by atoms with Gasteiger partial charge in [-0.3, -0.25) is 25.0 Å². The van der Waals surface area contributed by atoms with E-state index in [1.54, 1.807) is 24.3 Å². The first-order valence-corrected chi connectivity index (χ1v) is 14.3. The van der Waals surface area contributed by atoms with Gasteiger partial charge in [-0.05, 0) is 90.5 Å². The van der Waals surface area contributed by atoms with Crippen LogP contribution in [-0.4, -0.2) is 58.0 Å². The Morgan fingerprint density at radius 1 is 0.822 bits per heavy atom. The number of nitrogens with one attached hydrogen (secondary N) is 2. The van der Waals surface area contributed by atoms with Crippen molar-refractivity contribution >= 4 is 73.8 Å². The first-order valence-electron chi connectivity index (χ1n) is 12.9. The molecular weight excluding hydrogens is 604 g/mol. The summed E-state index contributed by atoms with van der Waals surface area (Å²) in [5.74, 6) is -3.02. The third-order valence-corrected chi connectivity index (χ3v) is 7.25. The van der Waals surface area contributed by atoms with Crippen LogP contribution in [0.2, 0.25) is 0 Å². The predicted molar refractivity (Wildman–Crippen MR) is 168 cm³/mol. The Bertz CT molecular complexity index is 2040. The number of aliphatic hydroxyl groups is 1. The number of nitrogens with two attached hydrogens (primary N) is 1. The molecule has 0 unspecified atom stereocenters. The summed E-state index contributed by atoms with van der Waals surface area (Å²) < 4.78 is 33.6. The number of anilines is 3. The Morgan fingerprint density at radius 3 is 2.11 bits per heavy atom. The Labute approximate surface area is 255 Å². The number of nitrogens with zero attached hydrogens (tertiary/aromatic N) is 3. The van der Waals surface area contributed by atoms with Crippen molar-refractivity contribution in [2.24, 2.45) is 15.2 Å². The summed E-state index contributed by atoms with van der Waals surface area (Å²) in [4.78, 5) is 39.2. The van der Waals surface area contributed by atoms with Crippen molar-refractivity contribution in [1.29, 1.82) is 0 Å². The highest BCUT2D eigenvalue weighted by Gasteiger charge is 2.33. The maximum atomic E-state index is 13.0. The lowest BCUT2D eigenvalue weighted by molar-refractivity contribution is -0.134. The highest BCUT2D eigenvalue weighted by atomic mass is 32.2. The van der Waals surface area contributed by atoms with Crippen molar-refractivity contribution in [2.45, 2.75) is 0 Å². The normalized spacial score (nSPS) is 16.7. The second kappa shape index (κ2) is 12.2. The van der Waals surface area contributed by atoms with Gasteiger partial charge in [-0.2, -0.15) is 18.6 Å². The summed E-state index contributed by atoms with van der Waals surface area (Å²) in [6, 6.07) is 16.8. The Balaban J connectivity index is 1.27. The molecule has 2 aliphatic carbocycles. The molecule has 14 nitrogen and oxygen atoms in total. The average Bonchev–Trinajstić information content (AvgIpc) is 3.00. The van der Waals surface area contributed by atoms with E-state index in [0.717, 1.165) is 18.2 Å². The molecule has 45 heavy (non-hydrogen) atoms. The molecule has 7 N–H and O–H groups in total. The second-order valence-corrected chi connectivity index (χ2v) is 10.9. The van der Waals surface area contributed by atoms with Crippen LogP contribution in [0.25, 0.3) is 6.08 Å². The number of nitrogen functional groups attached to an aromatic ring is 1. The van der Waals surface area contributed by atoms with Crippen LogP contribution in [-0.2, 0) is 19.7 Å². The molecule has 5 rings (SSSR count). The molecule has 0 bridgehead atoms. The van der Waals surface area contributed by atoms with E-state index in [9.17, 15) is 32.5 Å². The highest BCUT2D eigenvalue weighted by Crippen LogP contribution is 2.27. The molecular formula is C30H22N6O8S. The summed E-state index contributed by atoms with van der Waals surface area (Å²) in [6.07, 6.45) is 4.77. The first kappa shape index (κ1) is 30.3. The number of Topliss-reactive ketones (excluding diaryl/α,β-unsaturated/α-hetero) is 1. The molecule has 0 heterocycles. The number of hydrazone groups is 2. The standard InChI is InChI=1S/C30H22N6O8S/c31-18-4-1-17-13-26(45(42,43)44)27(28(38)23(17)14-18)36-34-21-9-7-19(8-10-21)32-29(39)16-2-5-20(6-3-16)33-35-22-11-12-25(37)24(15-22)30(40)41/h1-15,33-34H,31H2,(H,32,39)(H,40,41)(H,42,43,44)/b35-22-,36-27+. The Kier molecular flexibility index (Phi) is 8.21. The fraction of sp³-hybridized carbons (Fsp3) is 0. The van der Waals surface area contributed by atoms with E-state index in [0.29, 0.717) is 28.3 Å². The zero-order chi connectivity index (χ0) is 32.3. The molecule has 3 aromatic rings. The lowest BCUT2D eigenvalue weighted by Gasteiger charge is -2.16. The molecule has 0 saturated carbocycles. The van der Waals surface area contributed by atoms with E-state index in [1.165, 1.54) is 48.5 Å². The number of carboxylic acids is 1. The van der Waals surface area contributed by atoms with Gasteiger partial charge in [0, 0.05) is 16.8 Å². The van der Waals surface area contributed by atoms with E-state index in [1.807, 2.05) is 0 Å². The number of rotatable bonds is 8. The third kappa shape index (κ3) is 6.90. The van der Waals surface area contributed by atoms with E-state index in [2.05, 4.69) is 26.0 Å². The summed E-state index contributed by atoms with van der Waals surface area (Å²) in [5, 5.41) is 27.6. The maximum Gasteiger partial charge on any atom is 0.339 e. The van der Waals surface area contributed by atoms with Gasteiger partial charge in [0.05, 0.1) is 22.8 Å². The van der Waals surface area contributed by atoms with Crippen LogP contribution in [0.1, 0.15) is 21.5 Å². The first-order chi connectivity index (χ1) is 21.4. The van der Waals surface area contributed by atoms with Crippen molar-refractivity contribution in [3.63, 3.8) is 0 Å². The molecule has 0 atom stereocenters. The fourth-order valence-corrected chi connectivity index (χ4v) is 4.80. The van der Waals surface area contributed by atoms with Crippen molar-refractivity contribution < 1.29 is 37.6 Å². The summed E-state index contributed by atoms with van der Waals surface area (Å²) in [6.45, 7) is 0. The quantitative estimate of drug-likeness (QED) is 0.0401. The van der Waals surface area contributed by atoms with Crippen LogP contribution in [0, 0.1) is 0 Å². The number of benzene rings is 3. The minimum Gasteiger partial charge on any atom is -0.493 e. The smallest absolute Gasteiger partial charge is 0.339 e. The molecule has 0 aromatic heterocycles. The van der Waals surface area contributed by atoms with Crippen LogP contribution in [0.3, 0.4) is 0 Å². The van der Waals surface area contributed by atoms with Crippen molar-refractivity contribution in [2.75, 3.05) is 16.6 Å². The number of aliphatic hydroxyl groups excluding tert-OH is 1. The van der Waals surface area contributed by atoms with Gasteiger partial charge in [0.2, 0.25) is 11.7 Å². The average molecular weight is 627 g/mol. The van der Waals surface area contributed by atoms with Gasteiger partial charge in [0.1, 0.15) is 10.5 Å². The minimum atomic E-state index is -4.78. The van der Waals surface area contributed by atoms with Gasteiger partial charge in [-0.15, -0.1) is 0 Å². The van der Waals surface area contributed by atoms with Crippen LogP contribution in [0.15, 0.2) is 111 Å². The summed E-state index contributed by atoms with van der Waals surface area (Å²) in [7, 11) is -4.78. The predicted octanol–water partition coefficient (Wildman–Crippen LogP) is 3.72. The molecule has 15 heteroatoms. The summed E-state index contributed by atoms with van der Waals surface area (Å²) >= 11 is 0. The molecule has 226 valence electrons. The van der Waals surface area contributed by atoms with Gasteiger partial charge >= 0.3 is 5.97 Å². The van der Waals surface area contributed by atoms with Crippen molar-refractivity contribution in [1.82, 2.24) is 0 Å². The second-order valence-electron chi connectivity index (χ2n) is 9.50. The largest absolute Gasteiger partial charge is 0.493 e. The number of carboxylic acid groups (broad SMARTS) is 1.